The molecule has 180 valence electrons. The summed E-state index contributed by atoms with van der Waals surface area (Å²) >= 11 is 0.681. The fraction of sp³-hybridized carbons (Fsp3) is 0.200. The van der Waals surface area contributed by atoms with Crippen LogP contribution < -0.4 is 15.6 Å². The number of aromatic nitrogens is 3. The van der Waals surface area contributed by atoms with Gasteiger partial charge in [0, 0.05) is 43.2 Å². The van der Waals surface area contributed by atoms with Crippen molar-refractivity contribution in [1.29, 1.82) is 0 Å². The first-order valence-electron chi connectivity index (χ1n) is 9.55. The number of halogens is 3. The second-order valence-corrected chi connectivity index (χ2v) is 7.29. The van der Waals surface area contributed by atoms with E-state index in [-0.39, 0.29) is 36.3 Å². The first-order valence-corrected chi connectivity index (χ1v) is 10.4. The number of nitrogens with zero attached hydrogens (tertiary/aromatic N) is 5. The molecule has 0 aliphatic rings. The Labute approximate surface area is 196 Å². The van der Waals surface area contributed by atoms with Crippen LogP contribution in [0.2, 0.25) is 0 Å². The van der Waals surface area contributed by atoms with E-state index in [1.807, 2.05) is 0 Å². The van der Waals surface area contributed by atoms with Gasteiger partial charge >= 0.3 is 6.18 Å². The summed E-state index contributed by atoms with van der Waals surface area (Å²) in [6.07, 6.45) is -2.60. The monoisotopic (exact) mass is 495 g/mol. The van der Waals surface area contributed by atoms with Gasteiger partial charge in [0.05, 0.1) is 23.4 Å². The average molecular weight is 495 g/mol. The molecule has 34 heavy (non-hydrogen) atoms. The van der Waals surface area contributed by atoms with Crippen molar-refractivity contribution < 1.29 is 27.6 Å². The zero-order valence-corrected chi connectivity index (χ0v) is 18.5. The van der Waals surface area contributed by atoms with Gasteiger partial charge in [0.1, 0.15) is 6.61 Å². The van der Waals surface area contributed by atoms with Crippen molar-refractivity contribution in [1.82, 2.24) is 19.6 Å². The number of hydroxylamine groups is 1. The Balaban J connectivity index is 1.73. The normalized spacial score (nSPS) is 12.9. The maximum atomic E-state index is 12.7. The highest BCUT2D eigenvalue weighted by molar-refractivity contribution is 7.94. The lowest BCUT2D eigenvalue weighted by Crippen LogP contribution is -2.16. The van der Waals surface area contributed by atoms with Gasteiger partial charge in [-0.05, 0) is 17.7 Å². The lowest BCUT2D eigenvalue weighted by atomic mass is 10.1. The third kappa shape index (κ3) is 6.32. The topological polar surface area (TPSA) is 149 Å². The number of alkyl halides is 3. The van der Waals surface area contributed by atoms with E-state index in [9.17, 15) is 18.4 Å². The summed E-state index contributed by atoms with van der Waals surface area (Å²) in [5, 5.41) is 18.8. The number of ether oxygens (including phenoxy) is 1. The van der Waals surface area contributed by atoms with E-state index in [0.29, 0.717) is 29.6 Å². The molecule has 5 N–H and O–H groups in total. The van der Waals surface area contributed by atoms with Crippen LogP contribution in [0, 0.1) is 0 Å². The molecule has 0 aliphatic carbocycles. The van der Waals surface area contributed by atoms with E-state index in [1.165, 1.54) is 13.2 Å². The van der Waals surface area contributed by atoms with Gasteiger partial charge in [0.25, 0.3) is 5.89 Å². The summed E-state index contributed by atoms with van der Waals surface area (Å²) < 4.78 is 49.7. The van der Waals surface area contributed by atoms with Crippen LogP contribution in [0.3, 0.4) is 0 Å². The average Bonchev–Trinajstić information content (AvgIpc) is 3.31. The van der Waals surface area contributed by atoms with Gasteiger partial charge in [0.15, 0.2) is 0 Å². The van der Waals surface area contributed by atoms with Crippen LogP contribution in [0.1, 0.15) is 17.0 Å². The SMILES string of the molecule is CN=C(COc1ccc(C(F)(F)F)cn1)/C(=C\N)c1nc(-c2cccc(CN(O)SN)c2)no1. The van der Waals surface area contributed by atoms with Gasteiger partial charge < -0.3 is 20.2 Å². The minimum atomic E-state index is -4.49. The molecule has 2 aromatic heterocycles. The molecule has 1 aromatic carbocycles. The standard InChI is InChI=1S/C20H20F3N7O3S/c1-26-16(11-32-17-6-5-14(9-27-17)20(21,22)23)15(8-24)19-28-18(29-33-19)13-4-2-3-12(7-13)10-30(31)34-25/h2-9,31H,10-11,24-25H2,1H3/b15-8+,26-16?. The van der Waals surface area contributed by atoms with E-state index < -0.39 is 11.7 Å². The third-order valence-corrected chi connectivity index (χ3v) is 4.82. The molecular formula is C20H20F3N7O3S. The first kappa shape index (κ1) is 25.2. The molecule has 3 aromatic rings. The molecule has 2 heterocycles. The highest BCUT2D eigenvalue weighted by Gasteiger charge is 2.30. The summed E-state index contributed by atoms with van der Waals surface area (Å²) in [5.41, 5.74) is 6.83. The number of pyridine rings is 1. The maximum Gasteiger partial charge on any atom is 0.417 e. The Morgan fingerprint density at radius 1 is 1.32 bits per heavy atom. The van der Waals surface area contributed by atoms with E-state index in [4.69, 9.17) is 20.1 Å². The van der Waals surface area contributed by atoms with E-state index in [0.717, 1.165) is 22.2 Å². The quantitative estimate of drug-likeness (QED) is 0.229. The van der Waals surface area contributed by atoms with Gasteiger partial charge in [-0.1, -0.05) is 23.4 Å². The minimum Gasteiger partial charge on any atom is -0.471 e. The molecule has 0 spiro atoms. The zero-order valence-electron chi connectivity index (χ0n) is 17.7. The fourth-order valence-electron chi connectivity index (χ4n) is 2.78. The Bertz CT molecular complexity index is 1170. The Hall–Kier alpha value is -3.46. The fourth-order valence-corrected chi connectivity index (χ4v) is 3.01. The van der Waals surface area contributed by atoms with Crippen LogP contribution in [-0.4, -0.2) is 44.2 Å². The Morgan fingerprint density at radius 2 is 2.12 bits per heavy atom. The maximum absolute atomic E-state index is 12.7. The van der Waals surface area contributed by atoms with Crippen LogP contribution in [0.4, 0.5) is 13.2 Å². The molecule has 0 saturated heterocycles. The smallest absolute Gasteiger partial charge is 0.417 e. The summed E-state index contributed by atoms with van der Waals surface area (Å²) in [6, 6.07) is 9.05. The number of nitrogens with two attached hydrogens (primary N) is 2. The van der Waals surface area contributed by atoms with Gasteiger partial charge in [-0.15, -0.1) is 4.47 Å². The summed E-state index contributed by atoms with van der Waals surface area (Å²) in [5.74, 6) is 0.303. The largest absolute Gasteiger partial charge is 0.471 e. The molecular weight excluding hydrogens is 475 g/mol. The summed E-state index contributed by atoms with van der Waals surface area (Å²) in [6.45, 7) is 0.0177. The van der Waals surface area contributed by atoms with Crippen molar-refractivity contribution in [2.75, 3.05) is 13.7 Å². The van der Waals surface area contributed by atoms with Crippen molar-refractivity contribution in [3.05, 3.63) is 65.8 Å². The Kier molecular flexibility index (Phi) is 8.22. The Morgan fingerprint density at radius 3 is 2.74 bits per heavy atom. The number of aliphatic imine (C=N–C) groups is 1. The van der Waals surface area contributed by atoms with Crippen LogP contribution in [-0.2, 0) is 12.7 Å². The van der Waals surface area contributed by atoms with E-state index >= 15 is 0 Å². The molecule has 0 saturated carbocycles. The second-order valence-electron chi connectivity index (χ2n) is 6.66. The lowest BCUT2D eigenvalue weighted by molar-refractivity contribution is -0.137. The molecule has 0 radical (unpaired) electrons. The van der Waals surface area contributed by atoms with Crippen molar-refractivity contribution in [2.45, 2.75) is 12.7 Å². The molecule has 14 heteroatoms. The molecule has 0 aliphatic heterocycles. The summed E-state index contributed by atoms with van der Waals surface area (Å²) in [4.78, 5) is 12.1. The van der Waals surface area contributed by atoms with Crippen LogP contribution >= 0.6 is 12.1 Å². The number of hydrogen-bond donors (Lipinski definition) is 3. The molecule has 0 fully saturated rings. The number of benzene rings is 1. The highest BCUT2D eigenvalue weighted by atomic mass is 32.2. The predicted octanol–water partition coefficient (Wildman–Crippen LogP) is 3.31. The molecule has 3 rings (SSSR count). The van der Waals surface area contributed by atoms with Crippen molar-refractivity contribution >= 4 is 23.4 Å². The van der Waals surface area contributed by atoms with Crippen LogP contribution in [0.25, 0.3) is 17.0 Å². The minimum absolute atomic E-state index is 0.0258. The molecule has 0 unspecified atom stereocenters. The third-order valence-electron chi connectivity index (χ3n) is 4.45. The van der Waals surface area contributed by atoms with Gasteiger partial charge in [-0.25, -0.2) is 4.98 Å². The van der Waals surface area contributed by atoms with Crippen LogP contribution in [0.5, 0.6) is 5.88 Å². The molecule has 0 amide bonds. The van der Waals surface area contributed by atoms with Crippen molar-refractivity contribution in [3.8, 4) is 17.3 Å². The van der Waals surface area contributed by atoms with Crippen molar-refractivity contribution in [2.24, 2.45) is 15.9 Å². The predicted molar refractivity (Wildman–Crippen MR) is 119 cm³/mol. The van der Waals surface area contributed by atoms with Gasteiger partial charge in [-0.2, -0.15) is 18.2 Å². The number of rotatable bonds is 9. The second kappa shape index (κ2) is 11.1. The molecule has 10 nitrogen and oxygen atoms in total. The lowest BCUT2D eigenvalue weighted by Gasteiger charge is -2.10. The van der Waals surface area contributed by atoms with Gasteiger partial charge in [0.2, 0.25) is 11.7 Å². The first-order chi connectivity index (χ1) is 16.2. The van der Waals surface area contributed by atoms with E-state index in [1.54, 1.807) is 24.3 Å². The molecule has 0 bridgehead atoms. The van der Waals surface area contributed by atoms with Crippen LogP contribution in [0.15, 0.2) is 58.3 Å². The van der Waals surface area contributed by atoms with E-state index in [2.05, 4.69) is 20.1 Å². The summed E-state index contributed by atoms with van der Waals surface area (Å²) in [7, 11) is 1.49. The van der Waals surface area contributed by atoms with Crippen molar-refractivity contribution in [3.63, 3.8) is 0 Å². The van der Waals surface area contributed by atoms with Gasteiger partial charge in [-0.3, -0.25) is 10.1 Å². The zero-order chi connectivity index (χ0) is 24.7. The molecule has 0 atom stereocenters. The highest BCUT2D eigenvalue weighted by Crippen LogP contribution is 2.29. The number of hydrogen-bond acceptors (Lipinski definition) is 11.